The molecule has 0 unspecified atom stereocenters. The average molecular weight is 389 g/mol. The lowest BCUT2D eigenvalue weighted by molar-refractivity contribution is 0.617. The van der Waals surface area contributed by atoms with E-state index in [9.17, 15) is 0 Å². The number of rotatable bonds is 18. The fraction of sp³-hybridized carbons (Fsp3) is 0.846. The van der Waals surface area contributed by atoms with Gasteiger partial charge in [-0.15, -0.1) is 0 Å². The predicted molar refractivity (Wildman–Crippen MR) is 124 cm³/mol. The van der Waals surface area contributed by atoms with Crippen LogP contribution in [-0.2, 0) is 25.7 Å². The second-order valence-electron chi connectivity index (χ2n) is 8.55. The summed E-state index contributed by atoms with van der Waals surface area (Å²) in [5.41, 5.74) is 4.34. The first kappa shape index (κ1) is 25.1. The molecule has 1 aromatic rings. The topological polar surface area (TPSA) is 25.8 Å². The highest BCUT2D eigenvalue weighted by Gasteiger charge is 2.14. The summed E-state index contributed by atoms with van der Waals surface area (Å²) in [6.45, 7) is 9.14. The lowest BCUT2D eigenvalue weighted by Crippen LogP contribution is -2.11. The summed E-state index contributed by atoms with van der Waals surface area (Å²) in [7, 11) is 0. The van der Waals surface area contributed by atoms with E-state index in [0.29, 0.717) is 0 Å². The van der Waals surface area contributed by atoms with Gasteiger partial charge in [-0.3, -0.25) is 0 Å². The fourth-order valence-corrected chi connectivity index (χ4v) is 3.95. The number of nitrogens with zero attached hydrogens (tertiary/aromatic N) is 2. The maximum absolute atomic E-state index is 5.10. The summed E-state index contributed by atoms with van der Waals surface area (Å²) >= 11 is 0. The SMILES string of the molecule is CCCCCCc1nc(CCCC)nc(CCCCCC)c1CCCCCC. The third-order valence-corrected chi connectivity index (χ3v) is 5.79. The van der Waals surface area contributed by atoms with E-state index in [0.717, 1.165) is 25.1 Å². The molecule has 2 heteroatoms. The third-order valence-electron chi connectivity index (χ3n) is 5.79. The van der Waals surface area contributed by atoms with Crippen molar-refractivity contribution in [2.45, 2.75) is 143 Å². The zero-order chi connectivity index (χ0) is 20.5. The maximum Gasteiger partial charge on any atom is 0.128 e. The van der Waals surface area contributed by atoms with Crippen molar-refractivity contribution in [3.05, 3.63) is 22.8 Å². The first-order valence-corrected chi connectivity index (χ1v) is 12.6. The van der Waals surface area contributed by atoms with Crippen LogP contribution in [0.4, 0.5) is 0 Å². The molecule has 0 aromatic carbocycles. The van der Waals surface area contributed by atoms with Gasteiger partial charge in [0.1, 0.15) is 5.82 Å². The molecule has 0 aliphatic carbocycles. The molecular formula is C26H48N2. The molecule has 0 aliphatic heterocycles. The number of hydrogen-bond acceptors (Lipinski definition) is 2. The van der Waals surface area contributed by atoms with Crippen molar-refractivity contribution >= 4 is 0 Å². The van der Waals surface area contributed by atoms with Gasteiger partial charge < -0.3 is 0 Å². The highest BCUT2D eigenvalue weighted by atomic mass is 14.9. The Kier molecular flexibility index (Phi) is 15.2. The van der Waals surface area contributed by atoms with E-state index in [-0.39, 0.29) is 0 Å². The largest absolute Gasteiger partial charge is 0.238 e. The average Bonchev–Trinajstić information content (AvgIpc) is 2.71. The van der Waals surface area contributed by atoms with Crippen LogP contribution in [0.3, 0.4) is 0 Å². The van der Waals surface area contributed by atoms with Gasteiger partial charge >= 0.3 is 0 Å². The fourth-order valence-electron chi connectivity index (χ4n) is 3.95. The Morgan fingerprint density at radius 2 is 0.857 bits per heavy atom. The minimum Gasteiger partial charge on any atom is -0.238 e. The summed E-state index contributed by atoms with van der Waals surface area (Å²) in [4.78, 5) is 10.2. The van der Waals surface area contributed by atoms with Gasteiger partial charge in [0.25, 0.3) is 0 Å². The highest BCUT2D eigenvalue weighted by Crippen LogP contribution is 2.21. The van der Waals surface area contributed by atoms with Gasteiger partial charge in [0.2, 0.25) is 0 Å². The summed E-state index contributed by atoms with van der Waals surface area (Å²) < 4.78 is 0. The van der Waals surface area contributed by atoms with Crippen molar-refractivity contribution < 1.29 is 0 Å². The van der Waals surface area contributed by atoms with Gasteiger partial charge in [0.15, 0.2) is 0 Å². The van der Waals surface area contributed by atoms with Gasteiger partial charge in [0.05, 0.1) is 0 Å². The van der Waals surface area contributed by atoms with Crippen LogP contribution in [-0.4, -0.2) is 9.97 Å². The molecular weight excluding hydrogens is 340 g/mol. The molecule has 0 bridgehead atoms. The second-order valence-corrected chi connectivity index (χ2v) is 8.55. The first-order valence-electron chi connectivity index (χ1n) is 12.6. The van der Waals surface area contributed by atoms with Gasteiger partial charge in [-0.05, 0) is 50.5 Å². The molecule has 0 spiro atoms. The first-order chi connectivity index (χ1) is 13.8. The molecule has 162 valence electrons. The van der Waals surface area contributed by atoms with Crippen molar-refractivity contribution in [2.75, 3.05) is 0 Å². The number of aryl methyl sites for hydroxylation is 3. The molecule has 0 saturated heterocycles. The van der Waals surface area contributed by atoms with Crippen LogP contribution in [0.25, 0.3) is 0 Å². The van der Waals surface area contributed by atoms with Gasteiger partial charge in [0, 0.05) is 17.8 Å². The van der Waals surface area contributed by atoms with E-state index >= 15 is 0 Å². The predicted octanol–water partition coefficient (Wildman–Crippen LogP) is 8.19. The zero-order valence-corrected chi connectivity index (χ0v) is 19.6. The molecule has 0 N–H and O–H groups in total. The quantitative estimate of drug-likeness (QED) is 0.237. The lowest BCUT2D eigenvalue weighted by atomic mass is 9.96. The van der Waals surface area contributed by atoms with Crippen molar-refractivity contribution in [1.82, 2.24) is 9.97 Å². The number of aromatic nitrogens is 2. The van der Waals surface area contributed by atoms with Crippen LogP contribution in [0, 0.1) is 0 Å². The van der Waals surface area contributed by atoms with E-state index in [4.69, 9.17) is 9.97 Å². The number of hydrogen-bond donors (Lipinski definition) is 0. The Hall–Kier alpha value is -0.920. The summed E-state index contributed by atoms with van der Waals surface area (Å²) in [5.74, 6) is 1.12. The molecule has 0 fully saturated rings. The van der Waals surface area contributed by atoms with Gasteiger partial charge in [-0.2, -0.15) is 0 Å². The highest BCUT2D eigenvalue weighted by molar-refractivity contribution is 5.27. The Bertz CT molecular complexity index is 462. The summed E-state index contributed by atoms with van der Waals surface area (Å²) in [6.07, 6.45) is 22.9. The Morgan fingerprint density at radius 3 is 1.29 bits per heavy atom. The maximum atomic E-state index is 5.10. The normalized spacial score (nSPS) is 11.3. The monoisotopic (exact) mass is 388 g/mol. The molecule has 0 atom stereocenters. The lowest BCUT2D eigenvalue weighted by Gasteiger charge is -2.16. The van der Waals surface area contributed by atoms with E-state index in [1.165, 1.54) is 113 Å². The van der Waals surface area contributed by atoms with E-state index < -0.39 is 0 Å². The van der Waals surface area contributed by atoms with Crippen molar-refractivity contribution in [3.63, 3.8) is 0 Å². The van der Waals surface area contributed by atoms with Crippen LogP contribution in [0.1, 0.15) is 140 Å². The molecule has 0 amide bonds. The summed E-state index contributed by atoms with van der Waals surface area (Å²) in [5, 5.41) is 0. The zero-order valence-electron chi connectivity index (χ0n) is 19.6. The van der Waals surface area contributed by atoms with Crippen LogP contribution in [0.15, 0.2) is 0 Å². The van der Waals surface area contributed by atoms with E-state index in [1.807, 2.05) is 0 Å². The van der Waals surface area contributed by atoms with E-state index in [1.54, 1.807) is 0 Å². The van der Waals surface area contributed by atoms with Gasteiger partial charge in [-0.25, -0.2) is 9.97 Å². The summed E-state index contributed by atoms with van der Waals surface area (Å²) in [6, 6.07) is 0. The standard InChI is InChI=1S/C26H48N2/c1-5-9-13-16-19-23-24(20-17-14-10-6-2)27-26(22-12-8-4)28-25(23)21-18-15-11-7-3/h5-22H2,1-4H3. The van der Waals surface area contributed by atoms with Crippen LogP contribution >= 0.6 is 0 Å². The smallest absolute Gasteiger partial charge is 0.128 e. The van der Waals surface area contributed by atoms with Crippen LogP contribution < -0.4 is 0 Å². The second kappa shape index (κ2) is 17.0. The molecule has 0 radical (unpaired) electrons. The Balaban J connectivity index is 2.96. The molecule has 28 heavy (non-hydrogen) atoms. The molecule has 1 heterocycles. The van der Waals surface area contributed by atoms with Crippen molar-refractivity contribution in [2.24, 2.45) is 0 Å². The van der Waals surface area contributed by atoms with Crippen LogP contribution in [0.5, 0.6) is 0 Å². The van der Waals surface area contributed by atoms with E-state index in [2.05, 4.69) is 27.7 Å². The van der Waals surface area contributed by atoms with Gasteiger partial charge in [-0.1, -0.05) is 91.9 Å². The molecule has 0 aliphatic rings. The molecule has 2 nitrogen and oxygen atoms in total. The molecule has 1 rings (SSSR count). The third kappa shape index (κ3) is 10.6. The minimum absolute atomic E-state index is 1.05. The Morgan fingerprint density at radius 1 is 0.429 bits per heavy atom. The molecule has 1 aromatic heterocycles. The number of unbranched alkanes of at least 4 members (excludes halogenated alkanes) is 10. The van der Waals surface area contributed by atoms with Crippen molar-refractivity contribution in [1.29, 1.82) is 0 Å². The molecule has 0 saturated carbocycles. The Labute approximate surface area is 176 Å². The van der Waals surface area contributed by atoms with Crippen LogP contribution in [0.2, 0.25) is 0 Å². The van der Waals surface area contributed by atoms with Crippen molar-refractivity contribution in [3.8, 4) is 0 Å². The minimum atomic E-state index is 1.05.